The Balaban J connectivity index is 3.02. The van der Waals surface area contributed by atoms with Crippen LogP contribution in [0.2, 0.25) is 0 Å². The van der Waals surface area contributed by atoms with Crippen molar-refractivity contribution in [3.8, 4) is 5.92 Å². The van der Waals surface area contributed by atoms with Gasteiger partial charge in [-0.2, -0.15) is 0 Å². The molecule has 0 fully saturated rings. The Bertz CT molecular complexity index is 99.1. The molecular formula is C5H5O2. The SMILES string of the molecule is [C]#CCOC(C)=O. The molecule has 0 aromatic heterocycles. The molecule has 0 spiro atoms. The Hall–Kier alpha value is -0.970. The summed E-state index contributed by atoms with van der Waals surface area (Å²) in [6.45, 7) is 1.26. The standard InChI is InChI=1S/C5H5O2/c1-3-4-7-5(2)6/h4H2,2H3. The molecule has 0 aromatic carbocycles. The normalized spacial score (nSPS) is 6.86. The maximum atomic E-state index is 9.86. The van der Waals surface area contributed by atoms with Crippen LogP contribution in [0.5, 0.6) is 0 Å². The van der Waals surface area contributed by atoms with Gasteiger partial charge in [-0.3, -0.25) is 4.79 Å². The van der Waals surface area contributed by atoms with Gasteiger partial charge in [0.1, 0.15) is 0 Å². The van der Waals surface area contributed by atoms with E-state index in [9.17, 15) is 4.79 Å². The van der Waals surface area contributed by atoms with Crippen LogP contribution in [0.4, 0.5) is 0 Å². The lowest BCUT2D eigenvalue weighted by Crippen LogP contribution is -1.96. The van der Waals surface area contributed by atoms with Crippen molar-refractivity contribution in [3.63, 3.8) is 0 Å². The Labute approximate surface area is 42.5 Å². The summed E-state index contributed by atoms with van der Waals surface area (Å²) in [4.78, 5) is 9.86. The van der Waals surface area contributed by atoms with E-state index in [2.05, 4.69) is 4.74 Å². The molecule has 0 aliphatic heterocycles. The number of ether oxygens (including phenoxy) is 1. The van der Waals surface area contributed by atoms with Crippen LogP contribution in [0.1, 0.15) is 6.92 Å². The molecule has 0 saturated heterocycles. The summed E-state index contributed by atoms with van der Waals surface area (Å²) >= 11 is 0. The highest BCUT2D eigenvalue weighted by Gasteiger charge is 1.83. The largest absolute Gasteiger partial charge is 0.453 e. The zero-order chi connectivity index (χ0) is 5.70. The van der Waals surface area contributed by atoms with Gasteiger partial charge in [0.25, 0.3) is 0 Å². The van der Waals surface area contributed by atoms with Crippen LogP contribution in [0, 0.1) is 12.3 Å². The van der Waals surface area contributed by atoms with E-state index in [4.69, 9.17) is 6.42 Å². The van der Waals surface area contributed by atoms with Gasteiger partial charge in [0, 0.05) is 6.92 Å². The molecule has 0 bridgehead atoms. The summed E-state index contributed by atoms with van der Waals surface area (Å²) in [5.41, 5.74) is 0. The minimum absolute atomic E-state index is 0.0324. The first-order valence-electron chi connectivity index (χ1n) is 1.80. The zero-order valence-electron chi connectivity index (χ0n) is 4.02. The fourth-order valence-electron chi connectivity index (χ4n) is 0.138. The monoisotopic (exact) mass is 97.0 g/mol. The molecule has 0 saturated carbocycles. The zero-order valence-corrected chi connectivity index (χ0v) is 4.02. The second kappa shape index (κ2) is 3.23. The summed E-state index contributed by atoms with van der Waals surface area (Å²) < 4.78 is 4.25. The van der Waals surface area contributed by atoms with Crippen LogP contribution < -0.4 is 0 Å². The lowest BCUT2D eigenvalue weighted by Gasteiger charge is -1.88. The summed E-state index contributed by atoms with van der Waals surface area (Å²) in [6, 6.07) is 0. The number of carbonyl (C=O) groups is 1. The fourth-order valence-corrected chi connectivity index (χ4v) is 0.138. The minimum atomic E-state index is -0.375. The van der Waals surface area contributed by atoms with Gasteiger partial charge < -0.3 is 4.74 Å². The summed E-state index contributed by atoms with van der Waals surface area (Å²) in [6.07, 6.45) is 6.27. The van der Waals surface area contributed by atoms with Gasteiger partial charge >= 0.3 is 5.97 Å². The van der Waals surface area contributed by atoms with E-state index in [1.807, 2.05) is 5.92 Å². The number of esters is 1. The molecule has 0 aliphatic carbocycles. The van der Waals surface area contributed by atoms with Crippen molar-refractivity contribution < 1.29 is 9.53 Å². The molecule has 7 heavy (non-hydrogen) atoms. The summed E-state index contributed by atoms with van der Waals surface area (Å²) in [7, 11) is 0. The van der Waals surface area contributed by atoms with Crippen molar-refractivity contribution in [2.45, 2.75) is 6.92 Å². The molecule has 0 aliphatic rings. The maximum absolute atomic E-state index is 9.86. The maximum Gasteiger partial charge on any atom is 0.303 e. The fraction of sp³-hybridized carbons (Fsp3) is 0.400. The Kier molecular flexibility index (Phi) is 2.78. The van der Waals surface area contributed by atoms with Gasteiger partial charge in [0.2, 0.25) is 0 Å². The number of rotatable bonds is 1. The second-order valence-corrected chi connectivity index (χ2v) is 0.957. The Morgan fingerprint density at radius 3 is 2.71 bits per heavy atom. The van der Waals surface area contributed by atoms with Crippen molar-refractivity contribution in [2.75, 3.05) is 6.61 Å². The van der Waals surface area contributed by atoms with Gasteiger partial charge in [-0.25, -0.2) is 0 Å². The third-order valence-corrected chi connectivity index (χ3v) is 0.348. The molecule has 2 heteroatoms. The van der Waals surface area contributed by atoms with Crippen molar-refractivity contribution in [1.82, 2.24) is 0 Å². The first-order chi connectivity index (χ1) is 3.27. The first kappa shape index (κ1) is 6.03. The average Bonchev–Trinajstić information content (AvgIpc) is 1.61. The quantitative estimate of drug-likeness (QED) is 0.343. The molecular weight excluding hydrogens is 92.1 g/mol. The summed E-state index contributed by atoms with van der Waals surface area (Å²) in [5.74, 6) is 1.53. The number of hydrogen-bond donors (Lipinski definition) is 0. The predicted molar refractivity (Wildman–Crippen MR) is 23.8 cm³/mol. The van der Waals surface area contributed by atoms with E-state index >= 15 is 0 Å². The number of hydrogen-bond acceptors (Lipinski definition) is 2. The van der Waals surface area contributed by atoms with E-state index in [0.29, 0.717) is 0 Å². The Morgan fingerprint density at radius 1 is 2.00 bits per heavy atom. The molecule has 0 unspecified atom stereocenters. The van der Waals surface area contributed by atoms with Crippen LogP contribution in [0.3, 0.4) is 0 Å². The van der Waals surface area contributed by atoms with Crippen LogP contribution >= 0.6 is 0 Å². The van der Waals surface area contributed by atoms with Gasteiger partial charge in [-0.1, -0.05) is 0 Å². The van der Waals surface area contributed by atoms with Gasteiger partial charge in [0.05, 0.1) is 0 Å². The highest BCUT2D eigenvalue weighted by Crippen LogP contribution is 1.70. The minimum Gasteiger partial charge on any atom is -0.453 e. The van der Waals surface area contributed by atoms with Crippen LogP contribution in [-0.4, -0.2) is 12.6 Å². The van der Waals surface area contributed by atoms with E-state index in [1.54, 1.807) is 0 Å². The van der Waals surface area contributed by atoms with Gasteiger partial charge in [-0.15, -0.1) is 0 Å². The highest BCUT2D eigenvalue weighted by atomic mass is 16.5. The van der Waals surface area contributed by atoms with Crippen LogP contribution in [0.25, 0.3) is 0 Å². The van der Waals surface area contributed by atoms with E-state index in [1.165, 1.54) is 6.92 Å². The molecule has 0 N–H and O–H groups in total. The molecule has 2 nitrogen and oxygen atoms in total. The first-order valence-corrected chi connectivity index (χ1v) is 1.80. The molecule has 1 radical (unpaired) electrons. The van der Waals surface area contributed by atoms with Crippen LogP contribution in [0.15, 0.2) is 0 Å². The smallest absolute Gasteiger partial charge is 0.303 e. The summed E-state index contributed by atoms with van der Waals surface area (Å²) in [5, 5.41) is 0. The van der Waals surface area contributed by atoms with Crippen molar-refractivity contribution >= 4 is 5.97 Å². The van der Waals surface area contributed by atoms with Gasteiger partial charge in [0.15, 0.2) is 6.61 Å². The molecule has 0 amide bonds. The van der Waals surface area contributed by atoms with Crippen molar-refractivity contribution in [1.29, 1.82) is 0 Å². The lowest BCUT2D eigenvalue weighted by molar-refractivity contribution is -0.139. The molecule has 0 atom stereocenters. The lowest BCUT2D eigenvalue weighted by atomic mass is 10.7. The topological polar surface area (TPSA) is 26.3 Å². The van der Waals surface area contributed by atoms with Crippen molar-refractivity contribution in [2.24, 2.45) is 0 Å². The van der Waals surface area contributed by atoms with E-state index in [0.717, 1.165) is 0 Å². The molecule has 37 valence electrons. The average molecular weight is 97.1 g/mol. The third kappa shape index (κ3) is 5.03. The van der Waals surface area contributed by atoms with Crippen LogP contribution in [-0.2, 0) is 9.53 Å². The second-order valence-electron chi connectivity index (χ2n) is 0.957. The molecule has 0 rings (SSSR count). The van der Waals surface area contributed by atoms with E-state index < -0.39 is 0 Å². The van der Waals surface area contributed by atoms with Crippen molar-refractivity contribution in [3.05, 3.63) is 6.42 Å². The predicted octanol–water partition coefficient (Wildman–Crippen LogP) is 0.139. The Morgan fingerprint density at radius 2 is 2.57 bits per heavy atom. The molecule has 0 heterocycles. The van der Waals surface area contributed by atoms with E-state index in [-0.39, 0.29) is 12.6 Å². The highest BCUT2D eigenvalue weighted by molar-refractivity contribution is 5.66. The molecule has 0 aromatic rings. The number of carbonyl (C=O) groups excluding carboxylic acids is 1. The third-order valence-electron chi connectivity index (χ3n) is 0.348. The van der Waals surface area contributed by atoms with Gasteiger partial charge in [-0.05, 0) is 12.3 Å².